The van der Waals surface area contributed by atoms with E-state index in [4.69, 9.17) is 0 Å². The summed E-state index contributed by atoms with van der Waals surface area (Å²) < 4.78 is 0. The zero-order valence-electron chi connectivity index (χ0n) is 11.9. The molecular formula is C17H27N. The van der Waals surface area contributed by atoms with Gasteiger partial charge in [0.15, 0.2) is 0 Å². The van der Waals surface area contributed by atoms with Gasteiger partial charge in [0.05, 0.1) is 0 Å². The topological polar surface area (TPSA) is 12.0 Å². The number of aryl methyl sites for hydroxylation is 1. The highest BCUT2D eigenvalue weighted by Crippen LogP contribution is 2.32. The van der Waals surface area contributed by atoms with Crippen LogP contribution >= 0.6 is 0 Å². The van der Waals surface area contributed by atoms with Crippen molar-refractivity contribution in [3.63, 3.8) is 0 Å². The van der Waals surface area contributed by atoms with Crippen molar-refractivity contribution in [2.75, 3.05) is 7.05 Å². The van der Waals surface area contributed by atoms with Crippen molar-refractivity contribution in [2.45, 2.75) is 57.9 Å². The summed E-state index contributed by atoms with van der Waals surface area (Å²) in [4.78, 5) is 0. The predicted molar refractivity (Wildman–Crippen MR) is 78.8 cm³/mol. The van der Waals surface area contributed by atoms with Crippen LogP contribution in [0.2, 0.25) is 0 Å². The lowest BCUT2D eigenvalue weighted by Crippen LogP contribution is -2.19. The van der Waals surface area contributed by atoms with Crippen LogP contribution in [0.25, 0.3) is 0 Å². The van der Waals surface area contributed by atoms with Gasteiger partial charge in [0.25, 0.3) is 0 Å². The fourth-order valence-corrected chi connectivity index (χ4v) is 3.21. The largest absolute Gasteiger partial charge is 0.313 e. The number of rotatable bonds is 6. The monoisotopic (exact) mass is 245 g/mol. The van der Waals surface area contributed by atoms with Crippen molar-refractivity contribution >= 4 is 0 Å². The van der Waals surface area contributed by atoms with E-state index in [-0.39, 0.29) is 0 Å². The molecule has 1 unspecified atom stereocenters. The van der Waals surface area contributed by atoms with Gasteiger partial charge in [0, 0.05) is 6.04 Å². The van der Waals surface area contributed by atoms with Gasteiger partial charge in [-0.25, -0.2) is 0 Å². The molecule has 0 aliphatic heterocycles. The van der Waals surface area contributed by atoms with Crippen molar-refractivity contribution in [1.82, 2.24) is 5.32 Å². The molecule has 0 radical (unpaired) electrons. The standard InChI is InChI=1S/C17H27N/c1-3-6-14-9-11-16(12-10-14)17(18-2)13-15-7-4-5-8-15/h9-12,15,17-18H,3-8,13H2,1-2H3. The molecule has 1 saturated carbocycles. The molecule has 1 N–H and O–H groups in total. The van der Waals surface area contributed by atoms with Crippen LogP contribution in [0.4, 0.5) is 0 Å². The molecule has 1 aromatic carbocycles. The summed E-state index contributed by atoms with van der Waals surface area (Å²) >= 11 is 0. The van der Waals surface area contributed by atoms with Gasteiger partial charge in [-0.15, -0.1) is 0 Å². The third-order valence-electron chi connectivity index (χ3n) is 4.31. The number of hydrogen-bond donors (Lipinski definition) is 1. The molecule has 18 heavy (non-hydrogen) atoms. The molecule has 2 rings (SSSR count). The lowest BCUT2D eigenvalue weighted by atomic mass is 9.93. The van der Waals surface area contributed by atoms with Gasteiger partial charge >= 0.3 is 0 Å². The summed E-state index contributed by atoms with van der Waals surface area (Å²) in [5.74, 6) is 0.942. The summed E-state index contributed by atoms with van der Waals surface area (Å²) in [6.07, 6.45) is 9.50. The molecule has 1 atom stereocenters. The van der Waals surface area contributed by atoms with Gasteiger partial charge in [-0.2, -0.15) is 0 Å². The Hall–Kier alpha value is -0.820. The zero-order chi connectivity index (χ0) is 12.8. The second-order valence-electron chi connectivity index (χ2n) is 5.72. The minimum absolute atomic E-state index is 0.545. The molecule has 0 bridgehead atoms. The molecule has 1 aromatic rings. The van der Waals surface area contributed by atoms with Crippen LogP contribution in [0.15, 0.2) is 24.3 Å². The Labute approximate surface area is 112 Å². The highest BCUT2D eigenvalue weighted by Gasteiger charge is 2.20. The first-order valence-corrected chi connectivity index (χ1v) is 7.59. The highest BCUT2D eigenvalue weighted by atomic mass is 14.9. The number of benzene rings is 1. The first-order chi connectivity index (χ1) is 8.83. The van der Waals surface area contributed by atoms with Crippen LogP contribution in [0.1, 0.15) is 62.6 Å². The number of hydrogen-bond acceptors (Lipinski definition) is 1. The summed E-state index contributed by atoms with van der Waals surface area (Å²) in [5, 5.41) is 3.50. The lowest BCUT2D eigenvalue weighted by Gasteiger charge is -2.20. The van der Waals surface area contributed by atoms with Gasteiger partial charge < -0.3 is 5.32 Å². The third-order valence-corrected chi connectivity index (χ3v) is 4.31. The van der Waals surface area contributed by atoms with E-state index < -0.39 is 0 Å². The van der Waals surface area contributed by atoms with Gasteiger partial charge in [-0.1, -0.05) is 63.3 Å². The van der Waals surface area contributed by atoms with E-state index in [2.05, 4.69) is 43.6 Å². The Morgan fingerprint density at radius 3 is 2.39 bits per heavy atom. The lowest BCUT2D eigenvalue weighted by molar-refractivity contribution is 0.413. The fraction of sp³-hybridized carbons (Fsp3) is 0.647. The first kappa shape index (κ1) is 13.6. The molecule has 0 aromatic heterocycles. The Bertz CT molecular complexity index is 335. The van der Waals surface area contributed by atoms with Crippen molar-refractivity contribution < 1.29 is 0 Å². The second kappa shape index (κ2) is 6.94. The van der Waals surface area contributed by atoms with Gasteiger partial charge in [-0.3, -0.25) is 0 Å². The average Bonchev–Trinajstić information content (AvgIpc) is 2.90. The maximum Gasteiger partial charge on any atom is 0.0320 e. The second-order valence-corrected chi connectivity index (χ2v) is 5.72. The van der Waals surface area contributed by atoms with Crippen molar-refractivity contribution in [1.29, 1.82) is 0 Å². The molecule has 100 valence electrons. The molecule has 0 saturated heterocycles. The summed E-state index contributed by atoms with van der Waals surface area (Å²) in [7, 11) is 2.10. The maximum atomic E-state index is 3.50. The van der Waals surface area contributed by atoms with Gasteiger partial charge in [0.1, 0.15) is 0 Å². The molecule has 0 spiro atoms. The summed E-state index contributed by atoms with van der Waals surface area (Å²) in [5.41, 5.74) is 2.93. The smallest absolute Gasteiger partial charge is 0.0320 e. The minimum atomic E-state index is 0.545. The van der Waals surface area contributed by atoms with E-state index in [9.17, 15) is 0 Å². The highest BCUT2D eigenvalue weighted by molar-refractivity contribution is 5.25. The summed E-state index contributed by atoms with van der Waals surface area (Å²) in [6.45, 7) is 2.24. The Balaban J connectivity index is 1.97. The van der Waals surface area contributed by atoms with Gasteiger partial charge in [0.2, 0.25) is 0 Å². The predicted octanol–water partition coefficient (Wildman–Crippen LogP) is 4.48. The molecule has 1 nitrogen and oxygen atoms in total. The molecular weight excluding hydrogens is 218 g/mol. The van der Waals surface area contributed by atoms with Crippen LogP contribution < -0.4 is 5.32 Å². The van der Waals surface area contributed by atoms with Crippen molar-refractivity contribution in [2.24, 2.45) is 5.92 Å². The van der Waals surface area contributed by atoms with Crippen molar-refractivity contribution in [3.05, 3.63) is 35.4 Å². The molecule has 1 aliphatic rings. The normalized spacial score (nSPS) is 18.1. The average molecular weight is 245 g/mol. The van der Waals surface area contributed by atoms with E-state index >= 15 is 0 Å². The van der Waals surface area contributed by atoms with Crippen LogP contribution in [0.3, 0.4) is 0 Å². The molecule has 0 heterocycles. The number of nitrogens with one attached hydrogen (secondary N) is 1. The minimum Gasteiger partial charge on any atom is -0.313 e. The van der Waals surface area contributed by atoms with E-state index in [1.807, 2.05) is 0 Å². The van der Waals surface area contributed by atoms with E-state index in [0.29, 0.717) is 6.04 Å². The zero-order valence-corrected chi connectivity index (χ0v) is 11.9. The van der Waals surface area contributed by atoms with Crippen LogP contribution in [0.5, 0.6) is 0 Å². The Morgan fingerprint density at radius 2 is 1.83 bits per heavy atom. The fourth-order valence-electron chi connectivity index (χ4n) is 3.21. The van der Waals surface area contributed by atoms with E-state index in [0.717, 1.165) is 5.92 Å². The first-order valence-electron chi connectivity index (χ1n) is 7.59. The molecule has 1 fully saturated rings. The quantitative estimate of drug-likeness (QED) is 0.779. The molecule has 1 aliphatic carbocycles. The van der Waals surface area contributed by atoms with Crippen molar-refractivity contribution in [3.8, 4) is 0 Å². The third kappa shape index (κ3) is 3.58. The van der Waals surface area contributed by atoms with Gasteiger partial charge in [-0.05, 0) is 36.9 Å². The SMILES string of the molecule is CCCc1ccc(C(CC2CCCC2)NC)cc1. The Kier molecular flexibility index (Phi) is 5.25. The van der Waals surface area contributed by atoms with Crippen LogP contribution in [-0.4, -0.2) is 7.05 Å². The maximum absolute atomic E-state index is 3.50. The molecule has 0 amide bonds. The molecule has 1 heteroatoms. The van der Waals surface area contributed by atoms with E-state index in [1.165, 1.54) is 56.1 Å². The van der Waals surface area contributed by atoms with Crippen LogP contribution in [-0.2, 0) is 6.42 Å². The van der Waals surface area contributed by atoms with Crippen LogP contribution in [0, 0.1) is 5.92 Å². The summed E-state index contributed by atoms with van der Waals surface area (Å²) in [6, 6.07) is 9.79. The Morgan fingerprint density at radius 1 is 1.17 bits per heavy atom. The van der Waals surface area contributed by atoms with E-state index in [1.54, 1.807) is 0 Å².